The molecule has 0 atom stereocenters. The van der Waals surface area contributed by atoms with Gasteiger partial charge >= 0.3 is 0 Å². The number of ether oxygens (including phenoxy) is 1. The highest BCUT2D eigenvalue weighted by Gasteiger charge is 2.47. The van der Waals surface area contributed by atoms with Crippen LogP contribution in [0.1, 0.15) is 36.8 Å². The summed E-state index contributed by atoms with van der Waals surface area (Å²) in [6, 6.07) is 4.13. The number of benzene rings is 1. The maximum absolute atomic E-state index is 10.6. The SMILES string of the molecule is Cc1cc(Br)c(OCC2CC2)c(C2(N=C=O)CC2)c1. The number of carbonyl (C=O) groups excluding carboxylic acids is 1. The molecular formula is C15H16BrNO2. The van der Waals surface area contributed by atoms with Crippen molar-refractivity contribution in [2.24, 2.45) is 10.9 Å². The Kier molecular flexibility index (Phi) is 3.23. The van der Waals surface area contributed by atoms with E-state index in [0.29, 0.717) is 5.92 Å². The van der Waals surface area contributed by atoms with E-state index >= 15 is 0 Å². The first-order valence-electron chi connectivity index (χ1n) is 6.67. The van der Waals surface area contributed by atoms with Crippen LogP contribution in [0.25, 0.3) is 0 Å². The summed E-state index contributed by atoms with van der Waals surface area (Å²) in [4.78, 5) is 14.7. The highest BCUT2D eigenvalue weighted by Crippen LogP contribution is 2.54. The van der Waals surface area contributed by atoms with Crippen LogP contribution in [0.2, 0.25) is 0 Å². The van der Waals surface area contributed by atoms with E-state index < -0.39 is 0 Å². The molecule has 0 N–H and O–H groups in total. The number of hydrogen-bond acceptors (Lipinski definition) is 3. The van der Waals surface area contributed by atoms with Crippen molar-refractivity contribution in [3.05, 3.63) is 27.7 Å². The summed E-state index contributed by atoms with van der Waals surface area (Å²) in [5, 5.41) is 0. The predicted molar refractivity (Wildman–Crippen MR) is 76.1 cm³/mol. The molecule has 19 heavy (non-hydrogen) atoms. The van der Waals surface area contributed by atoms with Crippen LogP contribution in [0.3, 0.4) is 0 Å². The number of aryl methyl sites for hydroxylation is 1. The van der Waals surface area contributed by atoms with Crippen LogP contribution in [-0.4, -0.2) is 12.7 Å². The molecule has 2 aliphatic carbocycles. The number of isocyanates is 1. The first-order chi connectivity index (χ1) is 9.14. The highest BCUT2D eigenvalue weighted by molar-refractivity contribution is 9.10. The van der Waals surface area contributed by atoms with Gasteiger partial charge in [-0.1, -0.05) is 0 Å². The van der Waals surface area contributed by atoms with Crippen LogP contribution in [0.4, 0.5) is 0 Å². The minimum atomic E-state index is -0.380. The first kappa shape index (κ1) is 12.9. The Bertz CT molecular complexity index is 556. The lowest BCUT2D eigenvalue weighted by Gasteiger charge is -2.18. The van der Waals surface area contributed by atoms with Gasteiger partial charge in [-0.05, 0) is 72.2 Å². The third kappa shape index (κ3) is 2.60. The Balaban J connectivity index is 1.97. The maximum Gasteiger partial charge on any atom is 0.235 e. The highest BCUT2D eigenvalue weighted by atomic mass is 79.9. The minimum absolute atomic E-state index is 0.380. The molecule has 0 heterocycles. The van der Waals surface area contributed by atoms with E-state index in [4.69, 9.17) is 4.74 Å². The number of aliphatic imine (C=N–C) groups is 1. The van der Waals surface area contributed by atoms with Crippen molar-refractivity contribution in [1.29, 1.82) is 0 Å². The maximum atomic E-state index is 10.6. The molecule has 1 aromatic carbocycles. The largest absolute Gasteiger partial charge is 0.492 e. The fraction of sp³-hybridized carbons (Fsp3) is 0.533. The normalized spacial score (nSPS) is 19.7. The third-order valence-electron chi connectivity index (χ3n) is 3.83. The van der Waals surface area contributed by atoms with E-state index in [2.05, 4.69) is 27.0 Å². The molecule has 2 aliphatic rings. The zero-order valence-electron chi connectivity index (χ0n) is 10.9. The van der Waals surface area contributed by atoms with Crippen LogP contribution in [-0.2, 0) is 10.3 Å². The lowest BCUT2D eigenvalue weighted by molar-refractivity contribution is 0.292. The van der Waals surface area contributed by atoms with E-state index in [1.165, 1.54) is 12.8 Å². The molecule has 0 radical (unpaired) electrons. The minimum Gasteiger partial charge on any atom is -0.492 e. The molecule has 3 nitrogen and oxygen atoms in total. The molecule has 100 valence electrons. The molecule has 2 saturated carbocycles. The number of halogens is 1. The van der Waals surface area contributed by atoms with E-state index in [1.807, 2.05) is 13.0 Å². The van der Waals surface area contributed by atoms with Crippen molar-refractivity contribution >= 4 is 22.0 Å². The molecular weight excluding hydrogens is 306 g/mol. The van der Waals surface area contributed by atoms with Gasteiger partial charge in [0.25, 0.3) is 0 Å². The smallest absolute Gasteiger partial charge is 0.235 e. The van der Waals surface area contributed by atoms with Gasteiger partial charge in [0, 0.05) is 5.56 Å². The molecule has 0 aromatic heterocycles. The van der Waals surface area contributed by atoms with Crippen LogP contribution in [0.15, 0.2) is 21.6 Å². The van der Waals surface area contributed by atoms with Crippen molar-refractivity contribution in [1.82, 2.24) is 0 Å². The van der Waals surface area contributed by atoms with Crippen molar-refractivity contribution in [3.8, 4) is 5.75 Å². The lowest BCUT2D eigenvalue weighted by atomic mass is 10.0. The number of nitrogens with zero attached hydrogens (tertiary/aromatic N) is 1. The molecule has 1 aromatic rings. The van der Waals surface area contributed by atoms with Gasteiger partial charge in [0.15, 0.2) is 0 Å². The molecule has 0 aliphatic heterocycles. The van der Waals surface area contributed by atoms with Crippen molar-refractivity contribution in [3.63, 3.8) is 0 Å². The second kappa shape index (κ2) is 4.77. The van der Waals surface area contributed by atoms with Gasteiger partial charge in [0.1, 0.15) is 11.3 Å². The monoisotopic (exact) mass is 321 g/mol. The number of hydrogen-bond donors (Lipinski definition) is 0. The topological polar surface area (TPSA) is 38.7 Å². The van der Waals surface area contributed by atoms with Gasteiger partial charge < -0.3 is 4.74 Å². The zero-order chi connectivity index (χ0) is 13.5. The van der Waals surface area contributed by atoms with Crippen molar-refractivity contribution in [2.45, 2.75) is 38.1 Å². The van der Waals surface area contributed by atoms with Crippen molar-refractivity contribution < 1.29 is 9.53 Å². The molecule has 0 amide bonds. The van der Waals surface area contributed by atoms with Crippen LogP contribution >= 0.6 is 15.9 Å². The molecule has 0 saturated heterocycles. The number of rotatable bonds is 5. The summed E-state index contributed by atoms with van der Waals surface area (Å²) in [5.74, 6) is 1.56. The summed E-state index contributed by atoms with van der Waals surface area (Å²) < 4.78 is 6.94. The Morgan fingerprint density at radius 3 is 2.79 bits per heavy atom. The summed E-state index contributed by atoms with van der Waals surface area (Å²) in [6.45, 7) is 2.80. The molecule has 3 rings (SSSR count). The predicted octanol–water partition coefficient (Wildman–Crippen LogP) is 3.87. The zero-order valence-corrected chi connectivity index (χ0v) is 12.5. The Morgan fingerprint density at radius 2 is 2.21 bits per heavy atom. The van der Waals surface area contributed by atoms with Gasteiger partial charge in [-0.15, -0.1) is 0 Å². The molecule has 0 spiro atoms. The third-order valence-corrected chi connectivity index (χ3v) is 4.42. The molecule has 0 bridgehead atoms. The molecule has 0 unspecified atom stereocenters. The second-order valence-corrected chi connectivity index (χ2v) is 6.47. The Hall–Kier alpha value is -1.12. The van der Waals surface area contributed by atoms with E-state index in [0.717, 1.165) is 40.8 Å². The Morgan fingerprint density at radius 1 is 1.47 bits per heavy atom. The first-order valence-corrected chi connectivity index (χ1v) is 7.46. The van der Waals surface area contributed by atoms with Crippen LogP contribution in [0.5, 0.6) is 5.75 Å². The quantitative estimate of drug-likeness (QED) is 0.610. The fourth-order valence-electron chi connectivity index (χ4n) is 2.35. The standard InChI is InChI=1S/C15H16BrNO2/c1-10-6-12(15(4-5-15)17-9-18)14(13(16)7-10)19-8-11-2-3-11/h6-7,11H,2-5,8H2,1H3. The average Bonchev–Trinajstić information content (AvgIpc) is 3.23. The van der Waals surface area contributed by atoms with Gasteiger partial charge in [-0.2, -0.15) is 4.99 Å². The van der Waals surface area contributed by atoms with E-state index in [1.54, 1.807) is 6.08 Å². The van der Waals surface area contributed by atoms with Crippen LogP contribution in [0, 0.1) is 12.8 Å². The Labute approximate surface area is 121 Å². The van der Waals surface area contributed by atoms with E-state index in [-0.39, 0.29) is 5.54 Å². The van der Waals surface area contributed by atoms with Crippen LogP contribution < -0.4 is 4.74 Å². The lowest BCUT2D eigenvalue weighted by Crippen LogP contribution is -2.09. The summed E-state index contributed by atoms with van der Waals surface area (Å²) in [6.07, 6.45) is 6.04. The average molecular weight is 322 g/mol. The van der Waals surface area contributed by atoms with Gasteiger partial charge in [0.2, 0.25) is 6.08 Å². The second-order valence-electron chi connectivity index (χ2n) is 5.61. The molecule has 4 heteroatoms. The summed E-state index contributed by atoms with van der Waals surface area (Å²) in [5.41, 5.74) is 1.80. The van der Waals surface area contributed by atoms with Gasteiger partial charge in [0.05, 0.1) is 11.1 Å². The van der Waals surface area contributed by atoms with Gasteiger partial charge in [-0.3, -0.25) is 0 Å². The summed E-state index contributed by atoms with van der Waals surface area (Å²) >= 11 is 3.57. The van der Waals surface area contributed by atoms with E-state index in [9.17, 15) is 4.79 Å². The van der Waals surface area contributed by atoms with Crippen molar-refractivity contribution in [2.75, 3.05) is 6.61 Å². The van der Waals surface area contributed by atoms with Gasteiger partial charge in [-0.25, -0.2) is 4.79 Å². The molecule has 2 fully saturated rings. The summed E-state index contributed by atoms with van der Waals surface area (Å²) in [7, 11) is 0. The fourth-order valence-corrected chi connectivity index (χ4v) is 3.04.